The van der Waals surface area contributed by atoms with Crippen LogP contribution in [-0.4, -0.2) is 40.6 Å². The van der Waals surface area contributed by atoms with Crippen molar-refractivity contribution >= 4 is 12.0 Å². The lowest BCUT2D eigenvalue weighted by Crippen LogP contribution is -2.37. The number of hydrogen-bond donors (Lipinski definition) is 1. The molecular formula is C16H22FN3O3. The number of likely N-dealkylation sites (tertiary alicyclic amines) is 1. The Labute approximate surface area is 135 Å². The van der Waals surface area contributed by atoms with Crippen LogP contribution in [0.5, 0.6) is 0 Å². The molecule has 1 saturated heterocycles. The molecule has 0 aromatic carbocycles. The van der Waals surface area contributed by atoms with Gasteiger partial charge in [0.2, 0.25) is 5.91 Å². The first-order chi connectivity index (χ1) is 10.8. The van der Waals surface area contributed by atoms with Gasteiger partial charge in [-0.2, -0.15) is 0 Å². The SMILES string of the molecule is CC(C)(C)OC(=O)N1CC[C@@H](C(=O)NCc2ncccc2F)C1. The number of aromatic nitrogens is 1. The quantitative estimate of drug-likeness (QED) is 0.924. The second-order valence-electron chi connectivity index (χ2n) is 6.56. The zero-order valence-corrected chi connectivity index (χ0v) is 13.6. The third-order valence-electron chi connectivity index (χ3n) is 3.48. The first-order valence-electron chi connectivity index (χ1n) is 7.61. The first kappa shape index (κ1) is 17.2. The fraction of sp³-hybridized carbons (Fsp3) is 0.562. The van der Waals surface area contributed by atoms with Crippen LogP contribution in [0, 0.1) is 11.7 Å². The molecule has 1 N–H and O–H groups in total. The van der Waals surface area contributed by atoms with E-state index < -0.39 is 17.5 Å². The van der Waals surface area contributed by atoms with Gasteiger partial charge in [-0.1, -0.05) is 0 Å². The molecule has 0 unspecified atom stereocenters. The largest absolute Gasteiger partial charge is 0.444 e. The average Bonchev–Trinajstić information content (AvgIpc) is 2.94. The molecule has 0 bridgehead atoms. The van der Waals surface area contributed by atoms with Gasteiger partial charge in [-0.15, -0.1) is 0 Å². The summed E-state index contributed by atoms with van der Waals surface area (Å²) >= 11 is 0. The average molecular weight is 323 g/mol. The Bertz CT molecular complexity index is 586. The maximum Gasteiger partial charge on any atom is 0.410 e. The van der Waals surface area contributed by atoms with Crippen LogP contribution in [0.1, 0.15) is 32.9 Å². The van der Waals surface area contributed by atoms with Gasteiger partial charge in [0, 0.05) is 19.3 Å². The molecule has 126 valence electrons. The molecule has 1 aliphatic heterocycles. The summed E-state index contributed by atoms with van der Waals surface area (Å²) in [5, 5.41) is 2.67. The summed E-state index contributed by atoms with van der Waals surface area (Å²) in [5.74, 6) is -0.968. The third kappa shape index (κ3) is 4.91. The lowest BCUT2D eigenvalue weighted by atomic mass is 10.1. The molecule has 2 rings (SSSR count). The zero-order valence-electron chi connectivity index (χ0n) is 13.6. The predicted octanol–water partition coefficient (Wildman–Crippen LogP) is 2.09. The van der Waals surface area contributed by atoms with Crippen molar-refractivity contribution in [2.45, 2.75) is 39.3 Å². The molecule has 1 fully saturated rings. The molecule has 0 spiro atoms. The van der Waals surface area contributed by atoms with E-state index in [0.717, 1.165) is 0 Å². The van der Waals surface area contributed by atoms with E-state index in [0.29, 0.717) is 19.5 Å². The van der Waals surface area contributed by atoms with E-state index >= 15 is 0 Å². The van der Waals surface area contributed by atoms with Crippen LogP contribution in [0.3, 0.4) is 0 Å². The molecule has 1 aromatic rings. The highest BCUT2D eigenvalue weighted by Gasteiger charge is 2.33. The van der Waals surface area contributed by atoms with Gasteiger partial charge < -0.3 is 15.0 Å². The minimum absolute atomic E-state index is 0.0362. The van der Waals surface area contributed by atoms with E-state index in [2.05, 4.69) is 10.3 Å². The van der Waals surface area contributed by atoms with Gasteiger partial charge in [0.25, 0.3) is 0 Å². The summed E-state index contributed by atoms with van der Waals surface area (Å²) < 4.78 is 18.7. The standard InChI is InChI=1S/C16H22FN3O3/c1-16(2,3)23-15(22)20-8-6-11(10-20)14(21)19-9-13-12(17)5-4-7-18-13/h4-5,7,11H,6,8-10H2,1-3H3,(H,19,21)/t11-/m1/s1. The van der Waals surface area contributed by atoms with Gasteiger partial charge in [-0.25, -0.2) is 9.18 Å². The van der Waals surface area contributed by atoms with Crippen molar-refractivity contribution in [3.63, 3.8) is 0 Å². The van der Waals surface area contributed by atoms with Crippen LogP contribution in [0.15, 0.2) is 18.3 Å². The molecule has 0 aliphatic carbocycles. The Morgan fingerprint density at radius 3 is 2.87 bits per heavy atom. The highest BCUT2D eigenvalue weighted by atomic mass is 19.1. The van der Waals surface area contributed by atoms with Crippen molar-refractivity contribution in [2.24, 2.45) is 5.92 Å². The number of nitrogens with one attached hydrogen (secondary N) is 1. The molecule has 0 radical (unpaired) electrons. The summed E-state index contributed by atoms with van der Waals surface area (Å²) in [6.45, 7) is 6.22. The van der Waals surface area contributed by atoms with Gasteiger partial charge in [0.1, 0.15) is 11.4 Å². The molecule has 23 heavy (non-hydrogen) atoms. The topological polar surface area (TPSA) is 71.5 Å². The number of pyridine rings is 1. The lowest BCUT2D eigenvalue weighted by Gasteiger charge is -2.24. The van der Waals surface area contributed by atoms with Crippen LogP contribution in [-0.2, 0) is 16.1 Å². The van der Waals surface area contributed by atoms with E-state index in [9.17, 15) is 14.0 Å². The van der Waals surface area contributed by atoms with Crippen molar-refractivity contribution < 1.29 is 18.7 Å². The predicted molar refractivity (Wildman–Crippen MR) is 82.0 cm³/mol. The monoisotopic (exact) mass is 323 g/mol. The van der Waals surface area contributed by atoms with Gasteiger partial charge >= 0.3 is 6.09 Å². The molecule has 0 saturated carbocycles. The Kier molecular flexibility index (Phi) is 5.18. The lowest BCUT2D eigenvalue weighted by molar-refractivity contribution is -0.124. The summed E-state index contributed by atoms with van der Waals surface area (Å²) in [5.41, 5.74) is -0.364. The molecule has 6 nitrogen and oxygen atoms in total. The van der Waals surface area contributed by atoms with Gasteiger partial charge in [0.15, 0.2) is 0 Å². The maximum atomic E-state index is 13.5. The normalized spacial score (nSPS) is 17.9. The first-order valence-corrected chi connectivity index (χ1v) is 7.61. The number of ether oxygens (including phenoxy) is 1. The van der Waals surface area contributed by atoms with Crippen molar-refractivity contribution in [3.8, 4) is 0 Å². The Morgan fingerprint density at radius 2 is 2.22 bits per heavy atom. The summed E-state index contributed by atoms with van der Waals surface area (Å²) in [4.78, 5) is 29.5. The second-order valence-corrected chi connectivity index (χ2v) is 6.56. The summed E-state index contributed by atoms with van der Waals surface area (Å²) in [6.07, 6.45) is 1.63. The molecule has 1 aliphatic rings. The van der Waals surface area contributed by atoms with Gasteiger partial charge in [0.05, 0.1) is 18.2 Å². The van der Waals surface area contributed by atoms with E-state index in [1.54, 1.807) is 20.8 Å². The highest BCUT2D eigenvalue weighted by Crippen LogP contribution is 2.19. The molecule has 2 amide bonds. The van der Waals surface area contributed by atoms with Crippen molar-refractivity contribution in [1.29, 1.82) is 0 Å². The smallest absolute Gasteiger partial charge is 0.410 e. The third-order valence-corrected chi connectivity index (χ3v) is 3.48. The van der Waals surface area contributed by atoms with Gasteiger partial charge in [-0.3, -0.25) is 9.78 Å². The molecule has 2 heterocycles. The van der Waals surface area contributed by atoms with Crippen molar-refractivity contribution in [3.05, 3.63) is 29.8 Å². The Hall–Kier alpha value is -2.18. The highest BCUT2D eigenvalue weighted by molar-refractivity contribution is 5.80. The van der Waals surface area contributed by atoms with Crippen LogP contribution < -0.4 is 5.32 Å². The van der Waals surface area contributed by atoms with Crippen molar-refractivity contribution in [1.82, 2.24) is 15.2 Å². The number of amides is 2. The molecular weight excluding hydrogens is 301 g/mol. The van der Waals surface area contributed by atoms with Crippen LogP contribution >= 0.6 is 0 Å². The number of halogens is 1. The summed E-state index contributed by atoms with van der Waals surface area (Å²) in [7, 11) is 0. The number of carbonyl (C=O) groups is 2. The molecule has 1 atom stereocenters. The maximum absolute atomic E-state index is 13.5. The number of hydrogen-bond acceptors (Lipinski definition) is 4. The zero-order chi connectivity index (χ0) is 17.0. The number of nitrogens with zero attached hydrogens (tertiary/aromatic N) is 2. The molecule has 1 aromatic heterocycles. The van der Waals surface area contributed by atoms with Crippen LogP contribution in [0.4, 0.5) is 9.18 Å². The minimum Gasteiger partial charge on any atom is -0.444 e. The molecule has 7 heteroatoms. The number of rotatable bonds is 3. The Morgan fingerprint density at radius 1 is 1.48 bits per heavy atom. The number of carbonyl (C=O) groups excluding carboxylic acids is 2. The minimum atomic E-state index is -0.562. The Balaban J connectivity index is 1.83. The fourth-order valence-corrected chi connectivity index (χ4v) is 2.33. The second kappa shape index (κ2) is 6.93. The van der Waals surface area contributed by atoms with Crippen LogP contribution in [0.25, 0.3) is 0 Å². The van der Waals surface area contributed by atoms with E-state index in [1.807, 2.05) is 0 Å². The van der Waals surface area contributed by atoms with Crippen LogP contribution in [0.2, 0.25) is 0 Å². The van der Waals surface area contributed by atoms with Gasteiger partial charge in [-0.05, 0) is 39.3 Å². The van der Waals surface area contributed by atoms with E-state index in [1.165, 1.54) is 23.2 Å². The summed E-state index contributed by atoms with van der Waals surface area (Å²) in [6, 6.07) is 2.80. The van der Waals surface area contributed by atoms with Crippen molar-refractivity contribution in [2.75, 3.05) is 13.1 Å². The van der Waals surface area contributed by atoms with E-state index in [4.69, 9.17) is 4.74 Å². The fourth-order valence-electron chi connectivity index (χ4n) is 2.33. The van der Waals surface area contributed by atoms with E-state index in [-0.39, 0.29) is 24.1 Å².